The normalized spacial score (nSPS) is 14.8. The van der Waals surface area contributed by atoms with E-state index in [9.17, 15) is 14.4 Å². The van der Waals surface area contributed by atoms with Gasteiger partial charge < -0.3 is 19.5 Å². The third kappa shape index (κ3) is 5.60. The Balaban J connectivity index is 1.35. The van der Waals surface area contributed by atoms with E-state index in [0.29, 0.717) is 24.7 Å². The molecule has 0 saturated carbocycles. The van der Waals surface area contributed by atoms with Gasteiger partial charge in [-0.3, -0.25) is 19.4 Å². The Morgan fingerprint density at radius 1 is 1.14 bits per heavy atom. The van der Waals surface area contributed by atoms with Crippen LogP contribution in [0.2, 0.25) is 0 Å². The summed E-state index contributed by atoms with van der Waals surface area (Å²) in [6.07, 6.45) is 0.860. The Bertz CT molecular complexity index is 1270. The molecule has 1 saturated heterocycles. The SMILES string of the molecule is CCOC(=O)c1c(C)oc2nc(CN3CCN(CC(=O)Nc4ccccc4CC)CC3)[nH]c(=O)c12. The highest BCUT2D eigenvalue weighted by Gasteiger charge is 2.25. The Hall–Kier alpha value is -3.50. The summed E-state index contributed by atoms with van der Waals surface area (Å²) >= 11 is 0. The molecule has 1 aliphatic rings. The maximum Gasteiger partial charge on any atom is 0.342 e. The highest BCUT2D eigenvalue weighted by molar-refractivity contribution is 6.03. The number of nitrogens with one attached hydrogen (secondary N) is 2. The summed E-state index contributed by atoms with van der Waals surface area (Å²) in [7, 11) is 0. The van der Waals surface area contributed by atoms with Gasteiger partial charge in [0.1, 0.15) is 22.5 Å². The number of rotatable bonds is 8. The van der Waals surface area contributed by atoms with Crippen molar-refractivity contribution in [3.63, 3.8) is 0 Å². The number of amides is 1. The topological polar surface area (TPSA) is 121 Å². The Morgan fingerprint density at radius 2 is 1.86 bits per heavy atom. The summed E-state index contributed by atoms with van der Waals surface area (Å²) in [5.41, 5.74) is 1.81. The predicted molar refractivity (Wildman–Crippen MR) is 131 cm³/mol. The molecule has 2 aromatic heterocycles. The van der Waals surface area contributed by atoms with Crippen LogP contribution in [0.5, 0.6) is 0 Å². The molecule has 3 aromatic rings. The first-order chi connectivity index (χ1) is 16.9. The highest BCUT2D eigenvalue weighted by atomic mass is 16.5. The molecule has 4 rings (SSSR count). The molecule has 10 heteroatoms. The number of hydrogen-bond acceptors (Lipinski definition) is 8. The van der Waals surface area contributed by atoms with Gasteiger partial charge in [0, 0.05) is 31.9 Å². The summed E-state index contributed by atoms with van der Waals surface area (Å²) in [4.78, 5) is 49.0. The van der Waals surface area contributed by atoms with E-state index in [1.807, 2.05) is 24.3 Å². The lowest BCUT2D eigenvalue weighted by atomic mass is 10.1. The lowest BCUT2D eigenvalue weighted by Gasteiger charge is -2.33. The third-order valence-corrected chi connectivity index (χ3v) is 6.14. The van der Waals surface area contributed by atoms with Crippen LogP contribution in [0.25, 0.3) is 11.1 Å². The van der Waals surface area contributed by atoms with Crippen LogP contribution < -0.4 is 10.9 Å². The van der Waals surface area contributed by atoms with Gasteiger partial charge in [-0.25, -0.2) is 4.79 Å². The Kier molecular flexibility index (Phi) is 7.62. The zero-order valence-electron chi connectivity index (χ0n) is 20.3. The number of ether oxygens (including phenoxy) is 1. The minimum atomic E-state index is -0.595. The molecule has 10 nitrogen and oxygen atoms in total. The van der Waals surface area contributed by atoms with E-state index in [-0.39, 0.29) is 29.2 Å². The maximum absolute atomic E-state index is 12.7. The first kappa shape index (κ1) is 24.6. The van der Waals surface area contributed by atoms with Gasteiger partial charge >= 0.3 is 5.97 Å². The quantitative estimate of drug-likeness (QED) is 0.470. The average Bonchev–Trinajstić information content (AvgIpc) is 3.17. The first-order valence-electron chi connectivity index (χ1n) is 11.9. The number of anilines is 1. The van der Waals surface area contributed by atoms with Crippen molar-refractivity contribution in [2.75, 3.05) is 44.6 Å². The standard InChI is InChI=1S/C25H31N5O5/c1-4-17-8-6-7-9-18(17)26-20(31)15-30-12-10-29(11-13-30)14-19-27-23(32)22-21(25(33)34-5-2)16(3)35-24(22)28-19/h6-9H,4-5,10-15H2,1-3H3,(H,26,31)(H,27,28,32). The van der Waals surface area contributed by atoms with Crippen LogP contribution in [0.1, 0.15) is 41.4 Å². The summed E-state index contributed by atoms with van der Waals surface area (Å²) in [5.74, 6) is 0.152. The van der Waals surface area contributed by atoms with Gasteiger partial charge in [0.25, 0.3) is 5.56 Å². The average molecular weight is 482 g/mol. The fourth-order valence-electron chi connectivity index (χ4n) is 4.35. The minimum absolute atomic E-state index is 0.0265. The van der Waals surface area contributed by atoms with Gasteiger partial charge in [-0.1, -0.05) is 25.1 Å². The number of furan rings is 1. The van der Waals surface area contributed by atoms with Gasteiger partial charge in [0.15, 0.2) is 0 Å². The number of esters is 1. The molecule has 1 aromatic carbocycles. The number of para-hydroxylation sites is 1. The van der Waals surface area contributed by atoms with E-state index in [0.717, 1.165) is 43.9 Å². The minimum Gasteiger partial charge on any atom is -0.462 e. The van der Waals surface area contributed by atoms with Crippen LogP contribution in [-0.2, 0) is 22.5 Å². The van der Waals surface area contributed by atoms with Crippen LogP contribution in [0.15, 0.2) is 33.5 Å². The van der Waals surface area contributed by atoms with E-state index in [4.69, 9.17) is 9.15 Å². The lowest BCUT2D eigenvalue weighted by molar-refractivity contribution is -0.117. The largest absolute Gasteiger partial charge is 0.462 e. The second-order valence-electron chi connectivity index (χ2n) is 8.56. The molecule has 0 spiro atoms. The number of H-pyrrole nitrogens is 1. The maximum atomic E-state index is 12.7. The number of carbonyl (C=O) groups is 2. The second kappa shape index (κ2) is 10.8. The molecule has 186 valence electrons. The predicted octanol–water partition coefficient (Wildman–Crippen LogP) is 2.32. The van der Waals surface area contributed by atoms with Crippen molar-refractivity contribution in [1.82, 2.24) is 19.8 Å². The smallest absolute Gasteiger partial charge is 0.342 e. The molecule has 0 unspecified atom stereocenters. The van der Waals surface area contributed by atoms with E-state index in [1.165, 1.54) is 0 Å². The zero-order chi connectivity index (χ0) is 24.9. The molecule has 0 atom stereocenters. The molecule has 1 aliphatic heterocycles. The fraction of sp³-hybridized carbons (Fsp3) is 0.440. The van der Waals surface area contributed by atoms with E-state index in [2.05, 4.69) is 32.0 Å². The van der Waals surface area contributed by atoms with Crippen molar-refractivity contribution in [2.24, 2.45) is 0 Å². The Morgan fingerprint density at radius 3 is 2.57 bits per heavy atom. The van der Waals surface area contributed by atoms with E-state index >= 15 is 0 Å². The third-order valence-electron chi connectivity index (χ3n) is 6.14. The van der Waals surface area contributed by atoms with Crippen LogP contribution in [-0.4, -0.2) is 71.0 Å². The Labute approximate surface area is 203 Å². The molecule has 1 fully saturated rings. The number of fused-ring (bicyclic) bond motifs is 1. The van der Waals surface area contributed by atoms with Gasteiger partial charge in [-0.2, -0.15) is 4.98 Å². The van der Waals surface area contributed by atoms with Crippen molar-refractivity contribution in [1.29, 1.82) is 0 Å². The molecule has 0 bridgehead atoms. The molecule has 1 amide bonds. The molecular weight excluding hydrogens is 450 g/mol. The van der Waals surface area contributed by atoms with Crippen LogP contribution in [0.3, 0.4) is 0 Å². The number of hydrogen-bond donors (Lipinski definition) is 2. The lowest BCUT2D eigenvalue weighted by Crippen LogP contribution is -2.48. The number of piperazine rings is 1. The van der Waals surface area contributed by atoms with Crippen LogP contribution >= 0.6 is 0 Å². The highest BCUT2D eigenvalue weighted by Crippen LogP contribution is 2.22. The van der Waals surface area contributed by atoms with E-state index < -0.39 is 11.5 Å². The number of aromatic nitrogens is 2. The summed E-state index contributed by atoms with van der Waals surface area (Å²) in [5, 5.41) is 3.13. The number of carbonyl (C=O) groups excluding carboxylic acids is 2. The molecule has 3 heterocycles. The van der Waals surface area contributed by atoms with Gasteiger partial charge in [-0.05, 0) is 31.9 Å². The zero-order valence-corrected chi connectivity index (χ0v) is 20.3. The van der Waals surface area contributed by atoms with Crippen LogP contribution in [0.4, 0.5) is 5.69 Å². The van der Waals surface area contributed by atoms with Crippen LogP contribution in [0, 0.1) is 6.92 Å². The molecule has 2 N–H and O–H groups in total. The monoisotopic (exact) mass is 481 g/mol. The van der Waals surface area contributed by atoms with Crippen molar-refractivity contribution < 1.29 is 18.7 Å². The first-order valence-corrected chi connectivity index (χ1v) is 11.9. The molecule has 35 heavy (non-hydrogen) atoms. The van der Waals surface area contributed by atoms with Crippen molar-refractivity contribution in [3.05, 3.63) is 57.3 Å². The summed E-state index contributed by atoms with van der Waals surface area (Å²) in [6, 6.07) is 7.84. The molecular formula is C25H31N5O5. The van der Waals surface area contributed by atoms with Gasteiger partial charge in [0.2, 0.25) is 11.6 Å². The molecule has 0 radical (unpaired) electrons. The van der Waals surface area contributed by atoms with Gasteiger partial charge in [0.05, 0.1) is 19.7 Å². The summed E-state index contributed by atoms with van der Waals surface area (Å²) < 4.78 is 10.6. The summed E-state index contributed by atoms with van der Waals surface area (Å²) in [6.45, 7) is 9.25. The van der Waals surface area contributed by atoms with Crippen molar-refractivity contribution >= 4 is 28.7 Å². The van der Waals surface area contributed by atoms with Gasteiger partial charge in [-0.15, -0.1) is 0 Å². The second-order valence-corrected chi connectivity index (χ2v) is 8.56. The number of benzene rings is 1. The number of aromatic amines is 1. The number of aryl methyl sites for hydroxylation is 2. The fourth-order valence-corrected chi connectivity index (χ4v) is 4.35. The van der Waals surface area contributed by atoms with Crippen molar-refractivity contribution in [2.45, 2.75) is 33.7 Å². The van der Waals surface area contributed by atoms with Crippen molar-refractivity contribution in [3.8, 4) is 0 Å². The number of nitrogens with zero attached hydrogens (tertiary/aromatic N) is 3. The van der Waals surface area contributed by atoms with E-state index in [1.54, 1.807) is 13.8 Å². The molecule has 0 aliphatic carbocycles.